The molecule has 1 aliphatic rings. The summed E-state index contributed by atoms with van der Waals surface area (Å²) in [6, 6.07) is 6.46. The first kappa shape index (κ1) is 16.8. The van der Waals surface area contributed by atoms with Crippen molar-refractivity contribution >= 4 is 11.9 Å². The highest BCUT2D eigenvalue weighted by atomic mass is 19.1. The minimum Gasteiger partial charge on any atom is -0.480 e. The van der Waals surface area contributed by atoms with Crippen molar-refractivity contribution in [3.8, 4) is 5.69 Å². The van der Waals surface area contributed by atoms with E-state index in [-0.39, 0.29) is 5.69 Å². The Morgan fingerprint density at radius 2 is 1.92 bits per heavy atom. The molecule has 1 aromatic heterocycles. The van der Waals surface area contributed by atoms with Gasteiger partial charge in [0.25, 0.3) is 11.5 Å². The molecule has 0 aliphatic heterocycles. The summed E-state index contributed by atoms with van der Waals surface area (Å²) in [4.78, 5) is 35.5. The van der Waals surface area contributed by atoms with E-state index in [9.17, 15) is 23.9 Å². The maximum atomic E-state index is 13.0. The van der Waals surface area contributed by atoms with E-state index in [0.717, 1.165) is 23.6 Å². The van der Waals surface area contributed by atoms with Crippen molar-refractivity contribution in [2.75, 3.05) is 0 Å². The number of halogens is 1. The fourth-order valence-corrected chi connectivity index (χ4v) is 2.44. The van der Waals surface area contributed by atoms with Gasteiger partial charge in [-0.1, -0.05) is 12.8 Å². The first-order valence-electron chi connectivity index (χ1n) is 7.84. The third kappa shape index (κ3) is 4.09. The van der Waals surface area contributed by atoms with Gasteiger partial charge in [0.15, 0.2) is 0 Å². The van der Waals surface area contributed by atoms with Crippen LogP contribution in [0.15, 0.2) is 41.2 Å². The molecule has 25 heavy (non-hydrogen) atoms. The lowest BCUT2D eigenvalue weighted by molar-refractivity contribution is -0.139. The van der Waals surface area contributed by atoms with E-state index in [1.807, 2.05) is 0 Å². The summed E-state index contributed by atoms with van der Waals surface area (Å²) in [6.07, 6.45) is 2.30. The molecule has 0 bridgehead atoms. The topological polar surface area (TPSA) is 101 Å². The van der Waals surface area contributed by atoms with E-state index >= 15 is 0 Å². The molecular formula is C17H16FN3O4. The van der Waals surface area contributed by atoms with E-state index in [4.69, 9.17) is 0 Å². The average molecular weight is 345 g/mol. The van der Waals surface area contributed by atoms with Crippen LogP contribution in [-0.4, -0.2) is 32.8 Å². The number of carboxylic acids is 1. The Labute approximate surface area is 142 Å². The van der Waals surface area contributed by atoms with Gasteiger partial charge in [0, 0.05) is 6.07 Å². The largest absolute Gasteiger partial charge is 0.480 e. The minimum atomic E-state index is -1.10. The second-order valence-corrected chi connectivity index (χ2v) is 5.99. The fourth-order valence-electron chi connectivity index (χ4n) is 2.44. The van der Waals surface area contributed by atoms with Crippen molar-refractivity contribution in [3.63, 3.8) is 0 Å². The molecule has 130 valence electrons. The molecule has 7 nitrogen and oxygen atoms in total. The first-order valence-corrected chi connectivity index (χ1v) is 7.84. The maximum absolute atomic E-state index is 13.0. The Morgan fingerprint density at radius 1 is 1.24 bits per heavy atom. The van der Waals surface area contributed by atoms with Crippen molar-refractivity contribution in [2.24, 2.45) is 5.92 Å². The Hall–Kier alpha value is -3.03. The van der Waals surface area contributed by atoms with Crippen LogP contribution in [0.25, 0.3) is 5.69 Å². The standard InChI is InChI=1S/C17H16FN3O4/c18-11-3-5-12(6-4-11)21-15(22)8-7-13(20-21)16(23)19-14(17(24)25)9-10-1-2-10/h3-8,10,14H,1-2,9H2,(H,19,23)(H,24,25). The number of rotatable bonds is 6. The highest BCUT2D eigenvalue weighted by Crippen LogP contribution is 2.33. The monoisotopic (exact) mass is 345 g/mol. The molecule has 0 saturated heterocycles. The van der Waals surface area contributed by atoms with Crippen molar-refractivity contribution in [3.05, 3.63) is 58.3 Å². The van der Waals surface area contributed by atoms with Crippen LogP contribution in [0.3, 0.4) is 0 Å². The average Bonchev–Trinajstić information content (AvgIpc) is 3.39. The summed E-state index contributed by atoms with van der Waals surface area (Å²) in [5, 5.41) is 15.6. The quantitative estimate of drug-likeness (QED) is 0.823. The van der Waals surface area contributed by atoms with Crippen molar-refractivity contribution in [1.82, 2.24) is 15.1 Å². The Morgan fingerprint density at radius 3 is 2.52 bits per heavy atom. The van der Waals surface area contributed by atoms with Crippen molar-refractivity contribution < 1.29 is 19.1 Å². The lowest BCUT2D eigenvalue weighted by Gasteiger charge is -2.14. The van der Waals surface area contributed by atoms with Crippen LogP contribution in [0.1, 0.15) is 29.8 Å². The number of hydrogen-bond acceptors (Lipinski definition) is 4. The van der Waals surface area contributed by atoms with Gasteiger partial charge in [-0.05, 0) is 42.7 Å². The van der Waals surface area contributed by atoms with E-state index in [2.05, 4.69) is 10.4 Å². The Balaban J connectivity index is 1.83. The zero-order valence-electron chi connectivity index (χ0n) is 13.2. The van der Waals surface area contributed by atoms with E-state index in [1.54, 1.807) is 0 Å². The predicted octanol–water partition coefficient (Wildman–Crippen LogP) is 1.35. The van der Waals surface area contributed by atoms with E-state index in [0.29, 0.717) is 18.0 Å². The zero-order chi connectivity index (χ0) is 18.0. The van der Waals surface area contributed by atoms with Gasteiger partial charge in [-0.25, -0.2) is 9.18 Å². The summed E-state index contributed by atoms with van der Waals surface area (Å²) >= 11 is 0. The Kier molecular flexibility index (Phi) is 4.60. The lowest BCUT2D eigenvalue weighted by Crippen LogP contribution is -2.42. The van der Waals surface area contributed by atoms with Gasteiger partial charge in [-0.2, -0.15) is 9.78 Å². The molecule has 1 atom stereocenters. The Bertz CT molecular complexity index is 859. The number of carboxylic acid groups (broad SMARTS) is 1. The molecule has 1 heterocycles. The van der Waals surface area contributed by atoms with Gasteiger partial charge in [0.2, 0.25) is 0 Å². The highest BCUT2D eigenvalue weighted by molar-refractivity contribution is 5.94. The number of benzene rings is 1. The van der Waals surface area contributed by atoms with Crippen molar-refractivity contribution in [2.45, 2.75) is 25.3 Å². The molecule has 1 amide bonds. The number of aromatic nitrogens is 2. The molecule has 1 saturated carbocycles. The summed E-state index contributed by atoms with van der Waals surface area (Å²) in [7, 11) is 0. The third-order valence-electron chi connectivity index (χ3n) is 3.97. The number of nitrogens with one attached hydrogen (secondary N) is 1. The van der Waals surface area contributed by atoms with Crippen LogP contribution < -0.4 is 10.9 Å². The maximum Gasteiger partial charge on any atom is 0.326 e. The molecule has 1 fully saturated rings. The summed E-state index contributed by atoms with van der Waals surface area (Å²) in [5.41, 5.74) is -0.282. The molecule has 2 aromatic rings. The highest BCUT2D eigenvalue weighted by Gasteiger charge is 2.30. The number of nitrogens with zero attached hydrogens (tertiary/aromatic N) is 2. The molecule has 0 spiro atoms. The van der Waals surface area contributed by atoms with Gasteiger partial charge in [0.1, 0.15) is 17.6 Å². The van der Waals surface area contributed by atoms with Gasteiger partial charge in [-0.3, -0.25) is 9.59 Å². The minimum absolute atomic E-state index is 0.0917. The lowest BCUT2D eigenvalue weighted by atomic mass is 10.1. The molecule has 3 rings (SSSR count). The molecule has 0 radical (unpaired) electrons. The number of carbonyl (C=O) groups excluding carboxylic acids is 1. The van der Waals surface area contributed by atoms with E-state index in [1.165, 1.54) is 30.3 Å². The van der Waals surface area contributed by atoms with Crippen LogP contribution in [0.4, 0.5) is 4.39 Å². The van der Waals surface area contributed by atoms with Crippen molar-refractivity contribution in [1.29, 1.82) is 0 Å². The number of carbonyl (C=O) groups is 2. The molecule has 8 heteroatoms. The molecular weight excluding hydrogens is 329 g/mol. The second-order valence-electron chi connectivity index (χ2n) is 5.99. The van der Waals surface area contributed by atoms with Gasteiger partial charge in [-0.15, -0.1) is 0 Å². The molecule has 1 aliphatic carbocycles. The van der Waals surface area contributed by atoms with Crippen LogP contribution in [-0.2, 0) is 4.79 Å². The SMILES string of the molecule is O=C(NC(CC1CC1)C(=O)O)c1ccc(=O)n(-c2ccc(F)cc2)n1. The van der Waals surface area contributed by atoms with Crippen LogP contribution in [0, 0.1) is 11.7 Å². The number of aliphatic carboxylic acids is 1. The summed E-state index contributed by atoms with van der Waals surface area (Å²) < 4.78 is 14.0. The van der Waals surface area contributed by atoms with Crippen LogP contribution in [0.5, 0.6) is 0 Å². The first-order chi connectivity index (χ1) is 11.9. The number of amides is 1. The fraction of sp³-hybridized carbons (Fsp3) is 0.294. The summed E-state index contributed by atoms with van der Waals surface area (Å²) in [6.45, 7) is 0. The predicted molar refractivity (Wildman–Crippen MR) is 86.0 cm³/mol. The van der Waals surface area contributed by atoms with Crippen LogP contribution in [0.2, 0.25) is 0 Å². The third-order valence-corrected chi connectivity index (χ3v) is 3.97. The number of hydrogen-bond donors (Lipinski definition) is 2. The molecule has 2 N–H and O–H groups in total. The van der Waals surface area contributed by atoms with Crippen LogP contribution >= 0.6 is 0 Å². The second kappa shape index (κ2) is 6.84. The van der Waals surface area contributed by atoms with Gasteiger partial charge < -0.3 is 10.4 Å². The smallest absolute Gasteiger partial charge is 0.326 e. The van der Waals surface area contributed by atoms with Gasteiger partial charge >= 0.3 is 5.97 Å². The normalized spacial score (nSPS) is 14.8. The zero-order valence-corrected chi connectivity index (χ0v) is 13.2. The molecule has 1 unspecified atom stereocenters. The summed E-state index contributed by atoms with van der Waals surface area (Å²) in [5.74, 6) is -1.92. The van der Waals surface area contributed by atoms with E-state index < -0.39 is 29.3 Å². The molecule has 1 aromatic carbocycles. The van der Waals surface area contributed by atoms with Gasteiger partial charge in [0.05, 0.1) is 5.69 Å².